The second-order valence-corrected chi connectivity index (χ2v) is 9.03. The molecular formula is C25H20N2O6S. The van der Waals surface area contributed by atoms with Gasteiger partial charge in [-0.25, -0.2) is 22.7 Å². The first-order valence-electron chi connectivity index (χ1n) is 10.1. The number of sulfone groups is 1. The average molecular weight is 477 g/mol. The van der Waals surface area contributed by atoms with Crippen molar-refractivity contribution < 1.29 is 27.5 Å². The molecule has 0 aliphatic carbocycles. The molecule has 172 valence electrons. The minimum absolute atomic E-state index is 0.0220. The van der Waals surface area contributed by atoms with Crippen LogP contribution in [0.2, 0.25) is 0 Å². The molecule has 0 amide bonds. The second kappa shape index (κ2) is 9.32. The molecular weight excluding hydrogens is 456 g/mol. The fourth-order valence-corrected chi connectivity index (χ4v) is 5.05. The largest absolute Gasteiger partial charge is 0.465 e. The summed E-state index contributed by atoms with van der Waals surface area (Å²) < 4.78 is 38.1. The Labute approximate surface area is 196 Å². The van der Waals surface area contributed by atoms with E-state index in [9.17, 15) is 18.0 Å². The number of hydrogen-bond acceptors (Lipinski definition) is 7. The molecule has 34 heavy (non-hydrogen) atoms. The number of methoxy groups -OCH3 is 2. The third-order valence-corrected chi connectivity index (χ3v) is 6.97. The Morgan fingerprint density at radius 2 is 1.32 bits per heavy atom. The van der Waals surface area contributed by atoms with Crippen LogP contribution in [0.5, 0.6) is 0 Å². The predicted octanol–water partition coefficient (Wildman–Crippen LogP) is 3.95. The van der Waals surface area contributed by atoms with Crippen molar-refractivity contribution in [1.29, 1.82) is 0 Å². The van der Waals surface area contributed by atoms with E-state index in [1.165, 1.54) is 43.2 Å². The highest BCUT2D eigenvalue weighted by Crippen LogP contribution is 2.35. The summed E-state index contributed by atoms with van der Waals surface area (Å²) in [6.45, 7) is 0. The van der Waals surface area contributed by atoms with Gasteiger partial charge in [0.25, 0.3) is 0 Å². The summed E-state index contributed by atoms with van der Waals surface area (Å²) in [4.78, 5) is 25.7. The van der Waals surface area contributed by atoms with Crippen molar-refractivity contribution in [2.24, 2.45) is 0 Å². The molecule has 0 spiro atoms. The highest BCUT2D eigenvalue weighted by molar-refractivity contribution is 7.91. The molecule has 0 aliphatic heterocycles. The van der Waals surface area contributed by atoms with Crippen LogP contribution < -0.4 is 0 Å². The Balaban J connectivity index is 2.07. The monoisotopic (exact) mass is 476 g/mol. The maximum Gasteiger partial charge on any atom is 0.357 e. The van der Waals surface area contributed by atoms with Gasteiger partial charge in [0.15, 0.2) is 5.69 Å². The van der Waals surface area contributed by atoms with Crippen LogP contribution >= 0.6 is 0 Å². The van der Waals surface area contributed by atoms with E-state index in [1.54, 1.807) is 60.7 Å². The van der Waals surface area contributed by atoms with Gasteiger partial charge in [-0.05, 0) is 30.3 Å². The molecule has 4 aromatic rings. The predicted molar refractivity (Wildman–Crippen MR) is 124 cm³/mol. The Morgan fingerprint density at radius 3 is 1.94 bits per heavy atom. The lowest BCUT2D eigenvalue weighted by atomic mass is 10.1. The van der Waals surface area contributed by atoms with E-state index < -0.39 is 21.8 Å². The van der Waals surface area contributed by atoms with Gasteiger partial charge < -0.3 is 9.47 Å². The van der Waals surface area contributed by atoms with Crippen LogP contribution in [0.25, 0.3) is 16.9 Å². The number of rotatable bonds is 6. The molecule has 0 bridgehead atoms. The van der Waals surface area contributed by atoms with Crippen molar-refractivity contribution in [3.05, 3.63) is 96.2 Å². The van der Waals surface area contributed by atoms with Crippen LogP contribution in [0.15, 0.2) is 94.7 Å². The van der Waals surface area contributed by atoms with Crippen LogP contribution in [0.1, 0.15) is 20.8 Å². The third-order valence-electron chi connectivity index (χ3n) is 5.14. The van der Waals surface area contributed by atoms with Gasteiger partial charge in [-0.1, -0.05) is 54.6 Å². The summed E-state index contributed by atoms with van der Waals surface area (Å²) in [5.41, 5.74) is 0.219. The lowest BCUT2D eigenvalue weighted by molar-refractivity contribution is 0.0549. The minimum atomic E-state index is -3.98. The molecule has 0 fully saturated rings. The molecule has 8 nitrogen and oxygen atoms in total. The number of hydrogen-bond donors (Lipinski definition) is 0. The van der Waals surface area contributed by atoms with E-state index in [4.69, 9.17) is 9.47 Å². The van der Waals surface area contributed by atoms with Crippen LogP contribution in [0, 0.1) is 0 Å². The molecule has 4 rings (SSSR count). The summed E-state index contributed by atoms with van der Waals surface area (Å²) in [5.74, 6) is -1.68. The smallest absolute Gasteiger partial charge is 0.357 e. The lowest BCUT2D eigenvalue weighted by Gasteiger charge is -2.10. The molecule has 1 heterocycles. The van der Waals surface area contributed by atoms with Crippen LogP contribution in [0.3, 0.4) is 0 Å². The average Bonchev–Trinajstić information content (AvgIpc) is 3.29. The summed E-state index contributed by atoms with van der Waals surface area (Å²) in [5, 5.41) is 4.51. The Kier molecular flexibility index (Phi) is 6.29. The van der Waals surface area contributed by atoms with Crippen LogP contribution in [0.4, 0.5) is 0 Å². The topological polar surface area (TPSA) is 105 Å². The van der Waals surface area contributed by atoms with Crippen molar-refractivity contribution in [3.63, 3.8) is 0 Å². The van der Waals surface area contributed by atoms with Crippen molar-refractivity contribution in [2.75, 3.05) is 14.2 Å². The van der Waals surface area contributed by atoms with E-state index in [0.29, 0.717) is 5.69 Å². The van der Waals surface area contributed by atoms with Gasteiger partial charge in [-0.3, -0.25) is 0 Å². The van der Waals surface area contributed by atoms with Gasteiger partial charge >= 0.3 is 11.9 Å². The van der Waals surface area contributed by atoms with Gasteiger partial charge in [0, 0.05) is 5.56 Å². The van der Waals surface area contributed by atoms with E-state index in [2.05, 4.69) is 5.10 Å². The zero-order valence-electron chi connectivity index (χ0n) is 18.3. The maximum absolute atomic E-state index is 13.5. The highest BCUT2D eigenvalue weighted by Gasteiger charge is 2.33. The molecule has 0 unspecified atom stereocenters. The first-order chi connectivity index (χ1) is 16.4. The third kappa shape index (κ3) is 3.97. The van der Waals surface area contributed by atoms with Gasteiger partial charge in [0.05, 0.1) is 29.7 Å². The number of aromatic nitrogens is 2. The zero-order chi connectivity index (χ0) is 24.3. The number of benzene rings is 3. The van der Waals surface area contributed by atoms with Crippen molar-refractivity contribution >= 4 is 21.8 Å². The number of carbonyl (C=O) groups excluding carboxylic acids is 2. The SMILES string of the molecule is COC(=O)c1c(-c2ccccc2S(=O)(=O)c2ccccc2)nn(-c2ccccc2)c1C(=O)OC. The van der Waals surface area contributed by atoms with Gasteiger partial charge in [-0.2, -0.15) is 5.10 Å². The quantitative estimate of drug-likeness (QED) is 0.388. The molecule has 0 atom stereocenters. The summed E-state index contributed by atoms with van der Waals surface area (Å²) in [6, 6.07) is 22.7. The highest BCUT2D eigenvalue weighted by atomic mass is 32.2. The number of para-hydroxylation sites is 1. The van der Waals surface area contributed by atoms with Crippen LogP contribution in [-0.4, -0.2) is 44.4 Å². The molecule has 9 heteroatoms. The Hall–Kier alpha value is -4.24. The molecule has 0 saturated carbocycles. The Morgan fingerprint density at radius 1 is 0.765 bits per heavy atom. The van der Waals surface area contributed by atoms with Crippen molar-refractivity contribution in [1.82, 2.24) is 9.78 Å². The fraction of sp³-hybridized carbons (Fsp3) is 0.0800. The summed E-state index contributed by atoms with van der Waals surface area (Å²) in [6.07, 6.45) is 0. The second-order valence-electron chi connectivity index (χ2n) is 7.12. The maximum atomic E-state index is 13.5. The molecule has 0 aliphatic rings. The summed E-state index contributed by atoms with van der Waals surface area (Å²) >= 11 is 0. The number of nitrogens with zero attached hydrogens (tertiary/aromatic N) is 2. The molecule has 0 N–H and O–H groups in total. The molecule has 0 saturated heterocycles. The number of ether oxygens (including phenoxy) is 2. The fourth-order valence-electron chi connectivity index (χ4n) is 3.57. The Bertz CT molecular complexity index is 1460. The molecule has 1 aromatic heterocycles. The minimum Gasteiger partial charge on any atom is -0.465 e. The van der Waals surface area contributed by atoms with Gasteiger partial charge in [0.2, 0.25) is 9.84 Å². The van der Waals surface area contributed by atoms with E-state index in [1.807, 2.05) is 0 Å². The molecule has 0 radical (unpaired) electrons. The first-order valence-corrected chi connectivity index (χ1v) is 11.6. The van der Waals surface area contributed by atoms with Crippen LogP contribution in [-0.2, 0) is 19.3 Å². The first kappa shape index (κ1) is 22.9. The zero-order valence-corrected chi connectivity index (χ0v) is 19.2. The lowest BCUT2D eigenvalue weighted by Crippen LogP contribution is -2.15. The van der Waals surface area contributed by atoms with Crippen molar-refractivity contribution in [3.8, 4) is 16.9 Å². The molecule has 3 aromatic carbocycles. The summed E-state index contributed by atoms with van der Waals surface area (Å²) in [7, 11) is -1.63. The van der Waals surface area contributed by atoms with E-state index in [0.717, 1.165) is 0 Å². The van der Waals surface area contributed by atoms with E-state index >= 15 is 0 Å². The number of carbonyl (C=O) groups is 2. The van der Waals surface area contributed by atoms with Gasteiger partial charge in [0.1, 0.15) is 11.3 Å². The van der Waals surface area contributed by atoms with E-state index in [-0.39, 0.29) is 32.3 Å². The normalized spacial score (nSPS) is 11.1. The van der Waals surface area contributed by atoms with Crippen molar-refractivity contribution in [2.45, 2.75) is 9.79 Å². The standard InChI is InChI=1S/C25H20N2O6S/c1-32-24(28)21-22(26-27(23(21)25(29)33-2)17-11-5-3-6-12-17)19-15-9-10-16-20(19)34(30,31)18-13-7-4-8-14-18/h3-16H,1-2H3. The number of esters is 2. The van der Waals surface area contributed by atoms with Gasteiger partial charge in [-0.15, -0.1) is 0 Å².